The van der Waals surface area contributed by atoms with Gasteiger partial charge in [0.2, 0.25) is 8.13 Å². The van der Waals surface area contributed by atoms with Crippen LogP contribution in [0, 0.1) is 0 Å². The highest BCUT2D eigenvalue weighted by Gasteiger charge is 2.28. The molecule has 0 aliphatic carbocycles. The van der Waals surface area contributed by atoms with E-state index in [4.69, 9.17) is 34.8 Å². The second-order valence-electron chi connectivity index (χ2n) is 2.77. The van der Waals surface area contributed by atoms with Gasteiger partial charge < -0.3 is 0 Å². The van der Waals surface area contributed by atoms with Gasteiger partial charge in [0.1, 0.15) is 0 Å². The van der Waals surface area contributed by atoms with E-state index in [1.54, 1.807) is 0 Å². The molecule has 0 N–H and O–H groups in total. The lowest BCUT2D eigenvalue weighted by atomic mass is 10.4. The van der Waals surface area contributed by atoms with Crippen molar-refractivity contribution in [2.75, 3.05) is 5.75 Å². The van der Waals surface area contributed by atoms with Gasteiger partial charge in [0.05, 0.1) is 10.8 Å². The summed E-state index contributed by atoms with van der Waals surface area (Å²) in [5.74, 6) is 0.574. The quantitative estimate of drug-likeness (QED) is 0.802. The highest BCUT2D eigenvalue weighted by atomic mass is 35.6. The molecule has 1 rings (SSSR count). The van der Waals surface area contributed by atoms with Crippen LogP contribution in [0.5, 0.6) is 0 Å². The Bertz CT molecular complexity index is 350. The van der Waals surface area contributed by atoms with E-state index in [2.05, 4.69) is 10.2 Å². The first-order chi connectivity index (χ1) is 6.95. The first-order valence-corrected chi connectivity index (χ1v) is 7.51. The van der Waals surface area contributed by atoms with E-state index in [1.165, 1.54) is 0 Å². The normalized spacial score (nSPS) is 14.1. The lowest BCUT2D eigenvalue weighted by Crippen LogP contribution is -1.98. The third-order valence-electron chi connectivity index (χ3n) is 1.53. The van der Waals surface area contributed by atoms with E-state index >= 15 is 0 Å². The van der Waals surface area contributed by atoms with E-state index in [9.17, 15) is 4.21 Å². The van der Waals surface area contributed by atoms with Crippen LogP contribution in [0.3, 0.4) is 0 Å². The molecule has 3 nitrogen and oxygen atoms in total. The summed E-state index contributed by atoms with van der Waals surface area (Å²) < 4.78 is 10.5. The van der Waals surface area contributed by atoms with Crippen molar-refractivity contribution in [2.45, 2.75) is 27.9 Å². The minimum atomic E-state index is -1.58. The van der Waals surface area contributed by atoms with E-state index in [1.807, 2.05) is 6.92 Å². The van der Waals surface area contributed by atoms with E-state index in [-0.39, 0.29) is 5.01 Å². The minimum absolute atomic E-state index is 0.257. The van der Waals surface area contributed by atoms with Crippen molar-refractivity contribution in [1.82, 2.24) is 10.2 Å². The molecule has 15 heavy (non-hydrogen) atoms. The summed E-state index contributed by atoms with van der Waals surface area (Å²) in [4.78, 5) is 0. The molecule has 1 atom stereocenters. The summed E-state index contributed by atoms with van der Waals surface area (Å²) in [6, 6.07) is 0. The van der Waals surface area contributed by atoms with Crippen LogP contribution in [0.4, 0.5) is 0 Å². The molecule has 0 aliphatic heterocycles. The Kier molecular flexibility index (Phi) is 5.25. The molecule has 0 fully saturated rings. The Balaban J connectivity index is 2.72. The molecule has 0 saturated carbocycles. The fourth-order valence-corrected chi connectivity index (χ4v) is 3.40. The Labute approximate surface area is 110 Å². The number of halogens is 3. The van der Waals surface area contributed by atoms with Crippen LogP contribution in [-0.2, 0) is 14.6 Å². The zero-order valence-corrected chi connectivity index (χ0v) is 11.8. The zero-order valence-electron chi connectivity index (χ0n) is 7.87. The van der Waals surface area contributed by atoms with Gasteiger partial charge in [-0.15, -0.1) is 10.2 Å². The zero-order chi connectivity index (χ0) is 11.5. The van der Waals surface area contributed by atoms with Gasteiger partial charge in [0.25, 0.3) is 0 Å². The van der Waals surface area contributed by atoms with Gasteiger partial charge in [-0.1, -0.05) is 59.5 Å². The van der Waals surface area contributed by atoms with Crippen molar-refractivity contribution in [3.8, 4) is 0 Å². The number of aromatic nitrogens is 2. The summed E-state index contributed by atoms with van der Waals surface area (Å²) in [5.41, 5.74) is 0. The highest BCUT2D eigenvalue weighted by molar-refractivity contribution is 7.87. The minimum Gasteiger partial charge on any atom is -0.252 e. The standard InChI is InChI=1S/C7H9Cl3N2OS2/c1-2-3-4-15(13)6-12-11-5(14-6)7(8,9)10/h2-4H2,1H3. The van der Waals surface area contributed by atoms with E-state index < -0.39 is 14.6 Å². The second kappa shape index (κ2) is 5.77. The van der Waals surface area contributed by atoms with Crippen LogP contribution in [0.15, 0.2) is 4.34 Å². The average molecular weight is 308 g/mol. The average Bonchev–Trinajstić information content (AvgIpc) is 2.62. The Morgan fingerprint density at radius 3 is 2.53 bits per heavy atom. The lowest BCUT2D eigenvalue weighted by molar-refractivity contribution is 0.677. The number of alkyl halides is 3. The molecule has 0 aliphatic rings. The molecule has 1 heterocycles. The van der Waals surface area contributed by atoms with E-state index in [0.29, 0.717) is 10.1 Å². The smallest absolute Gasteiger partial charge is 0.243 e. The second-order valence-corrected chi connectivity index (χ2v) is 7.78. The fraction of sp³-hybridized carbons (Fsp3) is 0.714. The van der Waals surface area contributed by atoms with Gasteiger partial charge in [0.15, 0.2) is 5.01 Å². The maximum absolute atomic E-state index is 11.6. The highest BCUT2D eigenvalue weighted by Crippen LogP contribution is 2.39. The third kappa shape index (κ3) is 4.15. The summed E-state index contributed by atoms with van der Waals surface area (Å²) in [6.07, 6.45) is 1.87. The summed E-state index contributed by atoms with van der Waals surface area (Å²) in [6.45, 7) is 2.03. The summed E-state index contributed by atoms with van der Waals surface area (Å²) >= 11 is 17.9. The maximum Gasteiger partial charge on any atom is 0.243 e. The molecule has 1 aromatic heterocycles. The number of rotatable bonds is 4. The van der Waals surface area contributed by atoms with Gasteiger partial charge in [-0.25, -0.2) is 0 Å². The van der Waals surface area contributed by atoms with Crippen LogP contribution in [0.1, 0.15) is 24.8 Å². The van der Waals surface area contributed by atoms with Crippen molar-refractivity contribution in [2.24, 2.45) is 0 Å². The van der Waals surface area contributed by atoms with Crippen LogP contribution in [0.2, 0.25) is 0 Å². The van der Waals surface area contributed by atoms with Gasteiger partial charge >= 0.3 is 0 Å². The first kappa shape index (κ1) is 13.6. The molecule has 1 aromatic rings. The van der Waals surface area contributed by atoms with Gasteiger partial charge in [-0.3, -0.25) is 4.21 Å². The van der Waals surface area contributed by atoms with Crippen LogP contribution in [-0.4, -0.2) is 20.2 Å². The van der Waals surface area contributed by atoms with Crippen molar-refractivity contribution >= 4 is 56.9 Å². The Hall–Kier alpha value is 0.580. The van der Waals surface area contributed by atoms with Crippen molar-refractivity contribution in [3.05, 3.63) is 5.01 Å². The number of hydrogen-bond acceptors (Lipinski definition) is 4. The molecule has 0 aromatic carbocycles. The molecule has 86 valence electrons. The predicted octanol–water partition coefficient (Wildman–Crippen LogP) is 3.27. The number of hydrogen-bond donors (Lipinski definition) is 0. The summed E-state index contributed by atoms with van der Waals surface area (Å²) in [7, 11) is -1.13. The molecule has 0 amide bonds. The predicted molar refractivity (Wildman–Crippen MR) is 65.3 cm³/mol. The van der Waals surface area contributed by atoms with Crippen LogP contribution in [0.25, 0.3) is 0 Å². The number of unbranched alkanes of at least 4 members (excludes halogenated alkanes) is 1. The van der Waals surface area contributed by atoms with Crippen molar-refractivity contribution in [1.29, 1.82) is 0 Å². The molecule has 0 saturated heterocycles. The SMILES string of the molecule is CCCCS(=O)c1nnc(C(Cl)(Cl)Cl)s1. The topological polar surface area (TPSA) is 42.9 Å². The van der Waals surface area contributed by atoms with Gasteiger partial charge in [-0.05, 0) is 6.42 Å². The fourth-order valence-electron chi connectivity index (χ4n) is 0.779. The number of nitrogens with zero attached hydrogens (tertiary/aromatic N) is 2. The summed E-state index contributed by atoms with van der Waals surface area (Å²) in [5, 5.41) is 7.70. The van der Waals surface area contributed by atoms with Crippen molar-refractivity contribution in [3.63, 3.8) is 0 Å². The molecule has 8 heteroatoms. The Morgan fingerprint density at radius 1 is 1.40 bits per heavy atom. The maximum atomic E-state index is 11.6. The Morgan fingerprint density at radius 2 is 2.07 bits per heavy atom. The van der Waals surface area contributed by atoms with Gasteiger partial charge in [-0.2, -0.15) is 0 Å². The largest absolute Gasteiger partial charge is 0.252 e. The molecular formula is C7H9Cl3N2OS2. The molecule has 0 spiro atoms. The first-order valence-electron chi connectivity index (χ1n) is 4.24. The monoisotopic (exact) mass is 306 g/mol. The molecule has 1 unspecified atom stereocenters. The van der Waals surface area contributed by atoms with E-state index in [0.717, 1.165) is 24.2 Å². The van der Waals surface area contributed by atoms with Crippen LogP contribution < -0.4 is 0 Å². The van der Waals surface area contributed by atoms with Crippen LogP contribution >= 0.6 is 46.1 Å². The third-order valence-corrected chi connectivity index (χ3v) is 5.18. The molecular weight excluding hydrogens is 299 g/mol. The van der Waals surface area contributed by atoms with Crippen molar-refractivity contribution < 1.29 is 4.21 Å². The molecule has 0 bridgehead atoms. The van der Waals surface area contributed by atoms with Gasteiger partial charge in [0, 0.05) is 5.75 Å². The molecule has 0 radical (unpaired) electrons. The lowest BCUT2D eigenvalue weighted by Gasteiger charge is -2.02.